The zero-order valence-electron chi connectivity index (χ0n) is 11.8. The summed E-state index contributed by atoms with van der Waals surface area (Å²) < 4.78 is 4.89. The van der Waals surface area contributed by atoms with Crippen LogP contribution < -0.4 is 0 Å². The Morgan fingerprint density at radius 1 is 1.24 bits per heavy atom. The maximum absolute atomic E-state index is 10.8. The van der Waals surface area contributed by atoms with E-state index in [2.05, 4.69) is 0 Å². The fraction of sp³-hybridized carbons (Fsp3) is 0.833. The average Bonchev–Trinajstić information content (AvgIpc) is 1.72. The van der Waals surface area contributed by atoms with Crippen LogP contribution in [-0.4, -0.2) is 28.3 Å². The summed E-state index contributed by atoms with van der Waals surface area (Å²) in [7, 11) is 0. The summed E-state index contributed by atoms with van der Waals surface area (Å²) in [5, 5.41) is 8.76. The summed E-state index contributed by atoms with van der Waals surface area (Å²) in [5.41, 5.74) is 6.20. The van der Waals surface area contributed by atoms with E-state index in [0.717, 1.165) is 6.42 Å². The smallest absolute Gasteiger partial charge is 0.673 e. The van der Waals surface area contributed by atoms with Crippen LogP contribution >= 0.6 is 0 Å². The number of rotatable bonds is 2. The Balaban J connectivity index is -0.000000280. The molecule has 5 heteroatoms. The van der Waals surface area contributed by atoms with Crippen molar-refractivity contribution in [1.82, 2.24) is 0 Å². The fourth-order valence-corrected chi connectivity index (χ4v) is 0.533. The van der Waals surface area contributed by atoms with Gasteiger partial charge in [0.1, 0.15) is 5.60 Å². The normalized spacial score (nSPS) is 12.5. The van der Waals surface area contributed by atoms with Crippen molar-refractivity contribution in [3.05, 3.63) is 12.2 Å². The third-order valence-corrected chi connectivity index (χ3v) is 0.784. The van der Waals surface area contributed by atoms with Crippen molar-refractivity contribution in [3.63, 3.8) is 0 Å². The van der Waals surface area contributed by atoms with E-state index in [1.165, 1.54) is 6.92 Å². The van der Waals surface area contributed by atoms with E-state index >= 15 is 0 Å². The molecular weight excluding hydrogens is 390 g/mol. The Bertz CT molecular complexity index is 199. The monoisotopic (exact) mass is 415 g/mol. The number of aliphatic hydroxyl groups is 1. The first kappa shape index (κ1) is 22.2. The number of carbonyl (C=O) groups excluding carboxylic acids is 1. The Morgan fingerprint density at radius 2 is 1.53 bits per heavy atom. The minimum Gasteiger partial charge on any atom is -0.673 e. The van der Waals surface area contributed by atoms with E-state index in [1.807, 2.05) is 20.8 Å². The molecule has 0 heterocycles. The predicted molar refractivity (Wildman–Crippen MR) is 65.9 cm³/mol. The Hall–Kier alpha value is -0.0517. The third-order valence-electron chi connectivity index (χ3n) is 0.784. The van der Waals surface area contributed by atoms with E-state index < -0.39 is 17.7 Å². The van der Waals surface area contributed by atoms with Gasteiger partial charge >= 0.3 is 21.1 Å². The molecule has 0 radical (unpaired) electrons. The van der Waals surface area contributed by atoms with Gasteiger partial charge in [0.05, 0.1) is 0 Å². The average molecular weight is 415 g/mol. The van der Waals surface area contributed by atoms with Crippen molar-refractivity contribution >= 4 is 5.97 Å². The van der Waals surface area contributed by atoms with Gasteiger partial charge in [0, 0.05) is 0 Å². The molecule has 0 amide bonds. The molecular formula is C12H25NO3W. The van der Waals surface area contributed by atoms with Crippen molar-refractivity contribution in [3.8, 4) is 0 Å². The van der Waals surface area contributed by atoms with Gasteiger partial charge < -0.3 is 15.6 Å². The van der Waals surface area contributed by atoms with Crippen LogP contribution in [0.4, 0.5) is 0 Å². The first-order chi connectivity index (χ1) is 6.81. The number of nitrogens with one attached hydrogen (secondary N) is 1. The molecule has 0 aliphatic heterocycles. The molecule has 102 valence electrons. The second-order valence-corrected chi connectivity index (χ2v) is 5.69. The molecule has 0 aliphatic rings. The van der Waals surface area contributed by atoms with Gasteiger partial charge in [-0.05, 0) is 26.9 Å². The summed E-state index contributed by atoms with van der Waals surface area (Å²) in [6.07, 6.45) is 0.385. The van der Waals surface area contributed by atoms with Crippen molar-refractivity contribution in [2.45, 2.75) is 65.7 Å². The Kier molecular flexibility index (Phi) is 11.7. The summed E-state index contributed by atoms with van der Waals surface area (Å²) in [6.45, 7) is 12.4. The first-order valence-corrected chi connectivity index (χ1v) is 5.32. The molecule has 0 fully saturated rings. The molecule has 1 unspecified atom stereocenters. The van der Waals surface area contributed by atoms with E-state index in [9.17, 15) is 4.79 Å². The van der Waals surface area contributed by atoms with Gasteiger partial charge in [0.25, 0.3) is 0 Å². The van der Waals surface area contributed by atoms with Gasteiger partial charge in [0.2, 0.25) is 0 Å². The molecule has 0 saturated heterocycles. The minimum absolute atomic E-state index is 0. The molecule has 0 bridgehead atoms. The quantitative estimate of drug-likeness (QED) is 0.557. The third kappa shape index (κ3) is 38.8. The number of esters is 1. The molecule has 0 aromatic rings. The molecule has 0 rings (SSSR count). The van der Waals surface area contributed by atoms with Crippen molar-refractivity contribution in [2.24, 2.45) is 0 Å². The molecule has 4 nitrogen and oxygen atoms in total. The van der Waals surface area contributed by atoms with Crippen molar-refractivity contribution in [2.75, 3.05) is 0 Å². The number of carbonyl (C=O) groups is 1. The fourth-order valence-electron chi connectivity index (χ4n) is 0.533. The van der Waals surface area contributed by atoms with Gasteiger partial charge in [-0.25, -0.2) is 0 Å². The van der Waals surface area contributed by atoms with Gasteiger partial charge in [-0.15, -0.1) is 5.54 Å². The molecule has 0 aromatic heterocycles. The summed E-state index contributed by atoms with van der Waals surface area (Å²) in [5.74, 6) is -0.479. The van der Waals surface area contributed by atoms with Crippen LogP contribution in [0.25, 0.3) is 5.73 Å². The van der Waals surface area contributed by atoms with Crippen molar-refractivity contribution in [1.29, 1.82) is 0 Å². The van der Waals surface area contributed by atoms with Gasteiger partial charge in [-0.2, -0.15) is 0 Å². The number of hydrogen-bond donors (Lipinski definition) is 1. The predicted octanol–water partition coefficient (Wildman–Crippen LogP) is 2.75. The molecule has 1 atom stereocenters. The maximum atomic E-state index is 10.8. The van der Waals surface area contributed by atoms with Crippen LogP contribution in [-0.2, 0) is 30.6 Å². The molecule has 17 heavy (non-hydrogen) atoms. The number of aliphatic hydroxyl groups excluding tert-OH is 1. The molecule has 0 spiro atoms. The molecule has 0 aliphatic carbocycles. The second-order valence-electron chi connectivity index (χ2n) is 5.69. The van der Waals surface area contributed by atoms with Crippen LogP contribution in [0.2, 0.25) is 0 Å². The topological polar surface area (TPSA) is 70.3 Å². The number of ether oxygens (including phenoxy) is 1. The van der Waals surface area contributed by atoms with Gasteiger partial charge in [-0.1, -0.05) is 27.7 Å². The van der Waals surface area contributed by atoms with Crippen LogP contribution in [0.5, 0.6) is 0 Å². The molecule has 0 aromatic carbocycles. The van der Waals surface area contributed by atoms with Crippen LogP contribution in [0.1, 0.15) is 48.5 Å². The largest absolute Gasteiger partial charge is 2.00 e. The van der Waals surface area contributed by atoms with Crippen LogP contribution in [0.3, 0.4) is 0 Å². The summed E-state index contributed by atoms with van der Waals surface area (Å²) >= 11 is 0. The van der Waals surface area contributed by atoms with Gasteiger partial charge in [-0.3, -0.25) is 11.2 Å². The zero-order valence-corrected chi connectivity index (χ0v) is 14.8. The van der Waals surface area contributed by atoms with Gasteiger partial charge in [0.15, 0.2) is 5.97 Å². The SMILES string of the molecule is CC(C)(C)[NH-].CC(O)[CH-]C(=O)OC(C)(C)C.[W+2]. The second kappa shape index (κ2) is 8.96. The standard InChI is InChI=1S/C8H15O3.C4H10N.W/c1-6(9)5-7(10)11-8(2,3)4;1-4(2,3)5;/h5-6,9H,1-4H3;5H,1-3H3;/q2*-1;+2. The van der Waals surface area contributed by atoms with E-state index in [4.69, 9.17) is 15.6 Å². The Labute approximate surface area is 120 Å². The first-order valence-electron chi connectivity index (χ1n) is 5.32. The Morgan fingerprint density at radius 3 is 1.71 bits per heavy atom. The van der Waals surface area contributed by atoms with E-state index in [1.54, 1.807) is 20.8 Å². The zero-order chi connectivity index (χ0) is 13.6. The molecule has 0 saturated carbocycles. The van der Waals surface area contributed by atoms with E-state index in [-0.39, 0.29) is 26.6 Å². The summed E-state index contributed by atoms with van der Waals surface area (Å²) in [6, 6.07) is 0. The molecule has 2 N–H and O–H groups in total. The maximum Gasteiger partial charge on any atom is 2.00 e. The van der Waals surface area contributed by atoms with Crippen molar-refractivity contribution < 1.29 is 35.7 Å². The van der Waals surface area contributed by atoms with Crippen LogP contribution in [0.15, 0.2) is 0 Å². The van der Waals surface area contributed by atoms with E-state index in [0.29, 0.717) is 0 Å². The summed E-state index contributed by atoms with van der Waals surface area (Å²) in [4.78, 5) is 10.8. The van der Waals surface area contributed by atoms with Crippen LogP contribution in [0, 0.1) is 6.42 Å². The minimum atomic E-state index is -0.746. The number of hydrogen-bond acceptors (Lipinski definition) is 3.